The summed E-state index contributed by atoms with van der Waals surface area (Å²) in [6.45, 7) is 4.70. The minimum Gasteiger partial charge on any atom is -0.309 e. The molecule has 0 fully saturated rings. The lowest BCUT2D eigenvalue weighted by Crippen LogP contribution is -2.14. The van der Waals surface area contributed by atoms with Gasteiger partial charge in [-0.1, -0.05) is 305 Å². The first-order valence-electron chi connectivity index (χ1n) is 33.8. The molecule has 18 aromatic rings. The van der Waals surface area contributed by atoms with Crippen molar-refractivity contribution in [2.24, 2.45) is 0 Å². The molecular weight excluding hydrogens is 1200 g/mol. The molecule has 4 aromatic heterocycles. The summed E-state index contributed by atoms with van der Waals surface area (Å²) in [6.07, 6.45) is 0. The molecule has 4 heterocycles. The third-order valence-electron chi connectivity index (χ3n) is 19.8. The largest absolute Gasteiger partial charge is 0.309 e. The molecule has 466 valence electrons. The van der Waals surface area contributed by atoms with Gasteiger partial charge in [-0.25, -0.2) is 19.9 Å². The summed E-state index contributed by atoms with van der Waals surface area (Å²) in [6, 6.07) is 125. The van der Waals surface area contributed by atoms with Crippen molar-refractivity contribution in [3.8, 4) is 113 Å². The molecule has 6 nitrogen and oxygen atoms in total. The lowest BCUT2D eigenvalue weighted by Gasteiger charge is -2.23. The lowest BCUT2D eigenvalue weighted by molar-refractivity contribution is 0.661. The molecular formula is C93H64N6. The average Bonchev–Trinajstić information content (AvgIpc) is 1.57. The molecule has 0 aliphatic heterocycles. The zero-order chi connectivity index (χ0) is 66.0. The highest BCUT2D eigenvalue weighted by molar-refractivity contribution is 6.12. The van der Waals surface area contributed by atoms with Crippen LogP contribution in [0.1, 0.15) is 25.0 Å². The molecule has 19 rings (SSSR count). The summed E-state index contributed by atoms with van der Waals surface area (Å²) < 4.78 is 4.79. The molecule has 0 radical (unpaired) electrons. The quantitative estimate of drug-likeness (QED) is 0.137. The standard InChI is InChI=1S/C52H34N4.C41H30N2/c1-3-15-35(16-4-1)36-27-29-37(30-28-36)46-34-47(54-52(53-46)38-17-5-2-6-18-38)39-31-40(55-48-23-11-7-19-42(48)43-20-8-12-24-49(43)55)33-41(32-39)56-50-25-13-9-21-44(50)45-22-10-14-26-51(45)56;1-41(2)34-20-12-11-19-33(34)39-35(41)25-31-17-9-10-18-32(31)38(39)29-21-23-30(24-22-29)40-42-36(27-13-5-3-6-14-27)26-37(43-40)28-15-7-4-8-16-28/h1-34H;3-26H,1-2H3. The van der Waals surface area contributed by atoms with Crippen molar-refractivity contribution in [2.75, 3.05) is 0 Å². The summed E-state index contributed by atoms with van der Waals surface area (Å²) in [5, 5.41) is 7.44. The van der Waals surface area contributed by atoms with Gasteiger partial charge in [0.15, 0.2) is 11.6 Å². The van der Waals surface area contributed by atoms with E-state index in [0.717, 1.165) is 95.4 Å². The Labute approximate surface area is 574 Å². The van der Waals surface area contributed by atoms with Gasteiger partial charge < -0.3 is 9.13 Å². The second-order valence-electron chi connectivity index (χ2n) is 26.1. The van der Waals surface area contributed by atoms with E-state index >= 15 is 0 Å². The van der Waals surface area contributed by atoms with Gasteiger partial charge in [0.05, 0.1) is 44.8 Å². The van der Waals surface area contributed by atoms with Gasteiger partial charge in [0, 0.05) is 71.7 Å². The topological polar surface area (TPSA) is 61.4 Å². The predicted molar refractivity (Wildman–Crippen MR) is 411 cm³/mol. The van der Waals surface area contributed by atoms with E-state index in [-0.39, 0.29) is 5.41 Å². The van der Waals surface area contributed by atoms with Crippen molar-refractivity contribution < 1.29 is 0 Å². The molecule has 0 saturated carbocycles. The van der Waals surface area contributed by atoms with Crippen LogP contribution >= 0.6 is 0 Å². The van der Waals surface area contributed by atoms with Crippen LogP contribution in [0.25, 0.3) is 167 Å². The normalized spacial score (nSPS) is 12.2. The van der Waals surface area contributed by atoms with E-state index in [1.807, 2.05) is 36.4 Å². The lowest BCUT2D eigenvalue weighted by atomic mass is 9.80. The monoisotopic (exact) mass is 1260 g/mol. The minimum absolute atomic E-state index is 0.0653. The smallest absolute Gasteiger partial charge is 0.160 e. The van der Waals surface area contributed by atoms with Gasteiger partial charge in [0.1, 0.15) is 0 Å². The number of rotatable bonds is 10. The maximum atomic E-state index is 5.33. The first-order valence-corrected chi connectivity index (χ1v) is 33.8. The van der Waals surface area contributed by atoms with Crippen molar-refractivity contribution in [1.82, 2.24) is 29.1 Å². The van der Waals surface area contributed by atoms with E-state index in [1.165, 1.54) is 76.8 Å². The van der Waals surface area contributed by atoms with Crippen LogP contribution in [-0.4, -0.2) is 29.1 Å². The summed E-state index contributed by atoms with van der Waals surface area (Å²) in [7, 11) is 0. The maximum absolute atomic E-state index is 5.33. The molecule has 0 saturated heterocycles. The molecule has 0 bridgehead atoms. The first-order chi connectivity index (χ1) is 48.8. The Bertz CT molecular complexity index is 5800. The van der Waals surface area contributed by atoms with E-state index in [0.29, 0.717) is 5.82 Å². The van der Waals surface area contributed by atoms with Crippen LogP contribution < -0.4 is 0 Å². The minimum atomic E-state index is -0.0653. The van der Waals surface area contributed by atoms with Gasteiger partial charge in [-0.3, -0.25) is 0 Å². The fourth-order valence-corrected chi connectivity index (χ4v) is 15.0. The number of nitrogens with zero attached hydrogens (tertiary/aromatic N) is 6. The number of hydrogen-bond donors (Lipinski definition) is 0. The van der Waals surface area contributed by atoms with Gasteiger partial charge >= 0.3 is 0 Å². The van der Waals surface area contributed by atoms with Gasteiger partial charge in [-0.05, 0) is 116 Å². The average molecular weight is 1270 g/mol. The highest BCUT2D eigenvalue weighted by Crippen LogP contribution is 2.54. The van der Waals surface area contributed by atoms with Crippen molar-refractivity contribution >= 4 is 54.4 Å². The fourth-order valence-electron chi connectivity index (χ4n) is 15.0. The van der Waals surface area contributed by atoms with Crippen molar-refractivity contribution in [1.29, 1.82) is 0 Å². The highest BCUT2D eigenvalue weighted by Gasteiger charge is 2.37. The van der Waals surface area contributed by atoms with Gasteiger partial charge in [0.2, 0.25) is 0 Å². The van der Waals surface area contributed by atoms with Crippen LogP contribution in [0.4, 0.5) is 0 Å². The zero-order valence-corrected chi connectivity index (χ0v) is 54.7. The van der Waals surface area contributed by atoms with E-state index in [4.69, 9.17) is 19.9 Å². The van der Waals surface area contributed by atoms with Crippen molar-refractivity contribution in [2.45, 2.75) is 19.3 Å². The predicted octanol–water partition coefficient (Wildman–Crippen LogP) is 23.9. The Kier molecular flexibility index (Phi) is 14.5. The number of fused-ring (bicyclic) bond motifs is 10. The Morgan fingerprint density at radius 3 is 1.05 bits per heavy atom. The van der Waals surface area contributed by atoms with E-state index in [9.17, 15) is 0 Å². The molecule has 99 heavy (non-hydrogen) atoms. The van der Waals surface area contributed by atoms with Crippen molar-refractivity contribution in [3.05, 3.63) is 363 Å². The van der Waals surface area contributed by atoms with Gasteiger partial charge in [-0.2, -0.15) is 0 Å². The Morgan fingerprint density at radius 2 is 0.566 bits per heavy atom. The van der Waals surface area contributed by atoms with Crippen LogP contribution in [0.5, 0.6) is 0 Å². The molecule has 0 unspecified atom stereocenters. The molecule has 1 aliphatic carbocycles. The molecule has 14 aromatic carbocycles. The third-order valence-corrected chi connectivity index (χ3v) is 19.8. The second kappa shape index (κ2) is 24.4. The Hall–Kier alpha value is -12.9. The van der Waals surface area contributed by atoms with Gasteiger partial charge in [-0.15, -0.1) is 0 Å². The molecule has 0 spiro atoms. The van der Waals surface area contributed by atoms with E-state index in [2.05, 4.69) is 338 Å². The second-order valence-corrected chi connectivity index (χ2v) is 26.1. The van der Waals surface area contributed by atoms with Crippen LogP contribution in [0.15, 0.2) is 352 Å². The SMILES string of the molecule is CC1(C)c2ccccc2-c2c1cc1ccccc1c2-c1ccc(-c2nc(-c3ccccc3)cc(-c3ccccc3)n2)cc1.c1ccc(-c2ccc(-c3cc(-c4cc(-n5c6ccccc6c6ccccc65)cc(-n5c6ccccc6c6ccccc65)c4)nc(-c4ccccc4)n3)cc2)cc1. The fraction of sp³-hybridized carbons (Fsp3) is 0.0323. The molecule has 6 heteroatoms. The summed E-state index contributed by atoms with van der Waals surface area (Å²) >= 11 is 0. The van der Waals surface area contributed by atoms with E-state index < -0.39 is 0 Å². The van der Waals surface area contributed by atoms with Crippen molar-refractivity contribution in [3.63, 3.8) is 0 Å². The van der Waals surface area contributed by atoms with Crippen LogP contribution in [0, 0.1) is 0 Å². The molecule has 0 atom stereocenters. The highest BCUT2D eigenvalue weighted by atomic mass is 15.0. The maximum Gasteiger partial charge on any atom is 0.160 e. The molecule has 0 amide bonds. The Balaban J connectivity index is 0.000000148. The molecule has 0 N–H and O–H groups in total. The first kappa shape index (κ1) is 58.7. The number of hydrogen-bond acceptors (Lipinski definition) is 4. The Morgan fingerprint density at radius 1 is 0.232 bits per heavy atom. The summed E-state index contributed by atoms with van der Waals surface area (Å²) in [5.74, 6) is 1.41. The number of para-hydroxylation sites is 4. The third kappa shape index (κ3) is 10.5. The van der Waals surface area contributed by atoms with Crippen LogP contribution in [0.3, 0.4) is 0 Å². The van der Waals surface area contributed by atoms with Crippen LogP contribution in [0.2, 0.25) is 0 Å². The number of benzene rings is 14. The zero-order valence-electron chi connectivity index (χ0n) is 54.7. The van der Waals surface area contributed by atoms with Gasteiger partial charge in [0.25, 0.3) is 0 Å². The van der Waals surface area contributed by atoms with Crippen LogP contribution in [-0.2, 0) is 5.41 Å². The molecule has 1 aliphatic rings. The van der Waals surface area contributed by atoms with E-state index in [1.54, 1.807) is 0 Å². The summed E-state index contributed by atoms with van der Waals surface area (Å²) in [4.78, 5) is 20.6. The summed E-state index contributed by atoms with van der Waals surface area (Å²) in [5.41, 5.74) is 26.7. The number of aromatic nitrogens is 6.